The molecule has 0 aliphatic carbocycles. The van der Waals surface area contributed by atoms with E-state index in [1.54, 1.807) is 0 Å². The number of benzene rings is 12. The number of fused-ring (bicyclic) bond motifs is 12. The van der Waals surface area contributed by atoms with Gasteiger partial charge in [0.1, 0.15) is 0 Å². The van der Waals surface area contributed by atoms with Crippen LogP contribution in [0.5, 0.6) is 0 Å². The molecule has 2 aromatic heterocycles. The van der Waals surface area contributed by atoms with Crippen LogP contribution in [0.3, 0.4) is 0 Å². The fourth-order valence-corrected chi connectivity index (χ4v) is 11.1. The zero-order chi connectivity index (χ0) is 44.7. The van der Waals surface area contributed by atoms with Crippen molar-refractivity contribution in [1.29, 1.82) is 0 Å². The van der Waals surface area contributed by atoms with Gasteiger partial charge in [-0.05, 0) is 144 Å². The summed E-state index contributed by atoms with van der Waals surface area (Å²) in [6.07, 6.45) is 0. The number of rotatable bonds is 6. The molecule has 0 amide bonds. The van der Waals surface area contributed by atoms with Crippen molar-refractivity contribution in [2.24, 2.45) is 0 Å². The molecule has 0 N–H and O–H groups in total. The van der Waals surface area contributed by atoms with Crippen LogP contribution in [0, 0.1) is 0 Å². The molecule has 0 saturated carbocycles. The molecule has 2 heterocycles. The molecule has 0 atom stereocenters. The lowest BCUT2D eigenvalue weighted by molar-refractivity contribution is 1.18. The van der Waals surface area contributed by atoms with Gasteiger partial charge >= 0.3 is 0 Å². The second-order valence-electron chi connectivity index (χ2n) is 18.1. The molecule has 14 aromatic rings. The van der Waals surface area contributed by atoms with E-state index in [0.29, 0.717) is 0 Å². The second kappa shape index (κ2) is 15.3. The molecule has 14 rings (SSSR count). The summed E-state index contributed by atoms with van der Waals surface area (Å²) in [5, 5.41) is 12.7. The Hall–Kier alpha value is -8.98. The van der Waals surface area contributed by atoms with E-state index in [2.05, 4.69) is 264 Å². The highest BCUT2D eigenvalue weighted by Gasteiger charge is 2.17. The number of nitrogens with zero attached hydrogens (tertiary/aromatic N) is 2. The maximum absolute atomic E-state index is 2.43. The first-order valence-electron chi connectivity index (χ1n) is 23.5. The maximum atomic E-state index is 2.43. The fraction of sp³-hybridized carbons (Fsp3) is 0. The van der Waals surface area contributed by atoms with Gasteiger partial charge in [-0.15, -0.1) is 0 Å². The van der Waals surface area contributed by atoms with E-state index in [0.717, 1.165) is 11.4 Å². The monoisotopic (exact) mass is 862 g/mol. The van der Waals surface area contributed by atoms with Gasteiger partial charge in [0, 0.05) is 32.9 Å². The summed E-state index contributed by atoms with van der Waals surface area (Å²) in [6, 6.07) is 93.7. The Bertz CT molecular complexity index is 4250. The molecular weight excluding hydrogens is 821 g/mol. The first-order chi connectivity index (χ1) is 33.7. The van der Waals surface area contributed by atoms with Gasteiger partial charge in [0.05, 0.1) is 22.1 Å². The van der Waals surface area contributed by atoms with Crippen molar-refractivity contribution in [3.63, 3.8) is 0 Å². The minimum Gasteiger partial charge on any atom is -0.309 e. The van der Waals surface area contributed by atoms with Gasteiger partial charge in [0.2, 0.25) is 0 Å². The van der Waals surface area contributed by atoms with Crippen LogP contribution >= 0.6 is 0 Å². The smallest absolute Gasteiger partial charge is 0.0541 e. The Morgan fingerprint density at radius 3 is 1.04 bits per heavy atom. The minimum absolute atomic E-state index is 1.15. The van der Waals surface area contributed by atoms with Crippen LogP contribution in [0.4, 0.5) is 0 Å². The topological polar surface area (TPSA) is 9.86 Å². The van der Waals surface area contributed by atoms with Gasteiger partial charge in [-0.1, -0.05) is 188 Å². The van der Waals surface area contributed by atoms with E-state index in [1.807, 2.05) is 0 Å². The predicted octanol–water partition coefficient (Wildman–Crippen LogP) is 18.0. The number of para-hydroxylation sites is 2. The van der Waals surface area contributed by atoms with Crippen molar-refractivity contribution >= 4 is 75.9 Å². The van der Waals surface area contributed by atoms with E-state index >= 15 is 0 Å². The summed E-state index contributed by atoms with van der Waals surface area (Å²) in [4.78, 5) is 0. The fourth-order valence-electron chi connectivity index (χ4n) is 11.1. The molecule has 0 radical (unpaired) electrons. The van der Waals surface area contributed by atoms with Crippen molar-refractivity contribution in [3.05, 3.63) is 255 Å². The molecule has 0 saturated heterocycles. The molecule has 0 unspecified atom stereocenters. The van der Waals surface area contributed by atoms with E-state index in [9.17, 15) is 0 Å². The lowest BCUT2D eigenvalue weighted by atomic mass is 9.92. The highest BCUT2D eigenvalue weighted by atomic mass is 15.0. The molecule has 2 nitrogen and oxygen atoms in total. The van der Waals surface area contributed by atoms with Crippen molar-refractivity contribution in [1.82, 2.24) is 9.13 Å². The molecule has 2 heteroatoms. The van der Waals surface area contributed by atoms with Crippen LogP contribution in [0.2, 0.25) is 0 Å². The Morgan fingerprint density at radius 2 is 0.500 bits per heavy atom. The van der Waals surface area contributed by atoms with Crippen molar-refractivity contribution in [2.75, 3.05) is 0 Å². The van der Waals surface area contributed by atoms with Crippen molar-refractivity contribution in [3.8, 4) is 55.9 Å². The van der Waals surface area contributed by atoms with Crippen LogP contribution < -0.4 is 0 Å². The third-order valence-corrected chi connectivity index (χ3v) is 14.3. The summed E-state index contributed by atoms with van der Waals surface area (Å²) in [5.74, 6) is 0. The van der Waals surface area contributed by atoms with Crippen LogP contribution in [-0.2, 0) is 0 Å². The molecule has 0 aliphatic heterocycles. The predicted molar refractivity (Wildman–Crippen MR) is 289 cm³/mol. The molecular formula is C66H42N2. The van der Waals surface area contributed by atoms with Crippen molar-refractivity contribution in [2.45, 2.75) is 0 Å². The molecule has 0 aliphatic rings. The van der Waals surface area contributed by atoms with Gasteiger partial charge in [0.15, 0.2) is 0 Å². The number of hydrogen-bond donors (Lipinski definition) is 0. The summed E-state index contributed by atoms with van der Waals surface area (Å²) in [7, 11) is 0. The van der Waals surface area contributed by atoms with E-state index in [1.165, 1.54) is 120 Å². The van der Waals surface area contributed by atoms with Crippen LogP contribution in [0.25, 0.3) is 132 Å². The lowest BCUT2D eigenvalue weighted by Gasteiger charge is -2.13. The van der Waals surface area contributed by atoms with E-state index < -0.39 is 0 Å². The van der Waals surface area contributed by atoms with Gasteiger partial charge in [-0.25, -0.2) is 0 Å². The van der Waals surface area contributed by atoms with E-state index in [-0.39, 0.29) is 0 Å². The van der Waals surface area contributed by atoms with Crippen molar-refractivity contribution < 1.29 is 0 Å². The van der Waals surface area contributed by atoms with Gasteiger partial charge < -0.3 is 9.13 Å². The average molecular weight is 863 g/mol. The van der Waals surface area contributed by atoms with Gasteiger partial charge in [-0.3, -0.25) is 0 Å². The Morgan fingerprint density at radius 1 is 0.162 bits per heavy atom. The summed E-state index contributed by atoms with van der Waals surface area (Å²) >= 11 is 0. The van der Waals surface area contributed by atoms with Crippen LogP contribution in [-0.4, -0.2) is 9.13 Å². The van der Waals surface area contributed by atoms with E-state index in [4.69, 9.17) is 0 Å². The van der Waals surface area contributed by atoms with Crippen LogP contribution in [0.1, 0.15) is 0 Å². The Kier molecular flexibility index (Phi) is 8.62. The normalized spacial score (nSPS) is 11.8. The van der Waals surface area contributed by atoms with Crippen LogP contribution in [0.15, 0.2) is 255 Å². The standard InChI is InChI=1S/C66H42N2/c1-2-13-43(14-3-1)44-25-27-45(28-26-44)46-29-34-51(35-30-46)67-63-23-10-8-21-58(63)61-41-49(32-37-65(61)67)50-33-38-66-62(42-50)59-22-9-11-24-64(59)68(66)52-16-12-15-47(39-52)48-31-36-57-55-19-5-4-17-53(55)54-18-6-7-20-56(54)60(57)40-48/h1-42H. The number of hydrogen-bond acceptors (Lipinski definition) is 0. The lowest BCUT2D eigenvalue weighted by Crippen LogP contribution is -1.94. The molecule has 68 heavy (non-hydrogen) atoms. The van der Waals surface area contributed by atoms with Gasteiger partial charge in [0.25, 0.3) is 0 Å². The maximum Gasteiger partial charge on any atom is 0.0541 e. The van der Waals surface area contributed by atoms with Gasteiger partial charge in [-0.2, -0.15) is 0 Å². The average Bonchev–Trinajstić information content (AvgIpc) is 3.93. The third kappa shape index (κ3) is 6.05. The molecule has 0 fully saturated rings. The minimum atomic E-state index is 1.15. The SMILES string of the molecule is c1ccc(-c2ccc(-c3ccc(-n4c5ccccc5c5cc(-c6ccc7c(c6)c6ccccc6n7-c6cccc(-c7ccc8c9ccccc9c9ccccc9c8c7)c6)ccc54)cc3)cc2)cc1. The molecule has 0 spiro atoms. The Balaban J connectivity index is 0.834. The number of aromatic nitrogens is 2. The zero-order valence-corrected chi connectivity index (χ0v) is 37.1. The molecule has 316 valence electrons. The summed E-state index contributed by atoms with van der Waals surface area (Å²) in [5.41, 5.74) is 16.8. The summed E-state index contributed by atoms with van der Waals surface area (Å²) in [6.45, 7) is 0. The highest BCUT2D eigenvalue weighted by Crippen LogP contribution is 2.41. The third-order valence-electron chi connectivity index (χ3n) is 14.3. The second-order valence-corrected chi connectivity index (χ2v) is 18.1. The Labute approximate surface area is 393 Å². The largest absolute Gasteiger partial charge is 0.309 e. The first kappa shape index (κ1) is 38.3. The highest BCUT2D eigenvalue weighted by molar-refractivity contribution is 6.26. The molecule has 12 aromatic carbocycles. The quantitative estimate of drug-likeness (QED) is 0.147. The molecule has 0 bridgehead atoms. The first-order valence-corrected chi connectivity index (χ1v) is 23.5. The summed E-state index contributed by atoms with van der Waals surface area (Å²) < 4.78 is 4.84. The zero-order valence-electron chi connectivity index (χ0n) is 37.1.